The molecule has 1 rings (SSSR count). The lowest BCUT2D eigenvalue weighted by Gasteiger charge is -2.08. The predicted molar refractivity (Wildman–Crippen MR) is 76.7 cm³/mol. The molecule has 0 fully saturated rings. The summed E-state index contributed by atoms with van der Waals surface area (Å²) in [6.07, 6.45) is 4.81. The van der Waals surface area contributed by atoms with E-state index in [9.17, 15) is 0 Å². The second kappa shape index (κ2) is 9.84. The van der Waals surface area contributed by atoms with Gasteiger partial charge in [0.2, 0.25) is 0 Å². The van der Waals surface area contributed by atoms with Crippen molar-refractivity contribution in [1.29, 1.82) is 0 Å². The topological polar surface area (TPSA) is 58.9 Å². The summed E-state index contributed by atoms with van der Waals surface area (Å²) in [5.74, 6) is 0.625. The van der Waals surface area contributed by atoms with E-state index in [4.69, 9.17) is 19.5 Å². The van der Waals surface area contributed by atoms with Gasteiger partial charge in [0.05, 0.1) is 6.61 Å². The molecule has 0 unspecified atom stereocenters. The highest BCUT2D eigenvalue weighted by Gasteiger charge is 2.10. The van der Waals surface area contributed by atoms with E-state index in [1.165, 1.54) is 19.3 Å². The lowest BCUT2D eigenvalue weighted by Crippen LogP contribution is -2.29. The Morgan fingerprint density at radius 3 is 2.63 bits per heavy atom. The van der Waals surface area contributed by atoms with E-state index < -0.39 is 7.12 Å². The average molecular weight is 266 g/mol. The van der Waals surface area contributed by atoms with Gasteiger partial charge in [-0.3, -0.25) is 0 Å². The first-order valence-corrected chi connectivity index (χ1v) is 6.90. The van der Waals surface area contributed by atoms with E-state index >= 15 is 0 Å². The van der Waals surface area contributed by atoms with Crippen molar-refractivity contribution in [3.63, 3.8) is 0 Å². The molecule has 5 heteroatoms. The maximum Gasteiger partial charge on any atom is 0.488 e. The van der Waals surface area contributed by atoms with Gasteiger partial charge < -0.3 is 19.5 Å². The standard InChI is InChI=1S/C14H23BO4/c1-2-3-4-5-9-18-10-11-19-14-8-6-7-13(12-14)15(16)17/h6-8,12,16-17H,2-5,9-11H2,1H3. The van der Waals surface area contributed by atoms with Crippen LogP contribution in [0.5, 0.6) is 5.75 Å². The van der Waals surface area contributed by atoms with Crippen LogP contribution in [0.3, 0.4) is 0 Å². The average Bonchev–Trinajstić information content (AvgIpc) is 2.42. The first-order chi connectivity index (χ1) is 9.24. The summed E-state index contributed by atoms with van der Waals surface area (Å²) in [6, 6.07) is 6.77. The highest BCUT2D eigenvalue weighted by atomic mass is 16.5. The Balaban J connectivity index is 2.10. The molecule has 0 radical (unpaired) electrons. The summed E-state index contributed by atoms with van der Waals surface area (Å²) >= 11 is 0. The Morgan fingerprint density at radius 2 is 1.89 bits per heavy atom. The summed E-state index contributed by atoms with van der Waals surface area (Å²) < 4.78 is 10.9. The molecular weight excluding hydrogens is 243 g/mol. The zero-order valence-electron chi connectivity index (χ0n) is 11.5. The molecule has 0 heterocycles. The molecule has 0 amide bonds. The van der Waals surface area contributed by atoms with Crippen molar-refractivity contribution >= 4 is 12.6 Å². The van der Waals surface area contributed by atoms with Gasteiger partial charge in [-0.15, -0.1) is 0 Å². The van der Waals surface area contributed by atoms with E-state index in [-0.39, 0.29) is 0 Å². The van der Waals surface area contributed by atoms with Crippen molar-refractivity contribution < 1.29 is 19.5 Å². The minimum absolute atomic E-state index is 0.429. The van der Waals surface area contributed by atoms with Gasteiger partial charge in [-0.1, -0.05) is 38.3 Å². The van der Waals surface area contributed by atoms with Crippen molar-refractivity contribution in [2.24, 2.45) is 0 Å². The highest BCUT2D eigenvalue weighted by molar-refractivity contribution is 6.58. The molecular formula is C14H23BO4. The fraction of sp³-hybridized carbons (Fsp3) is 0.571. The van der Waals surface area contributed by atoms with E-state index in [2.05, 4.69) is 6.92 Å². The van der Waals surface area contributed by atoms with Gasteiger partial charge in [0.25, 0.3) is 0 Å². The minimum atomic E-state index is -1.46. The lowest BCUT2D eigenvalue weighted by atomic mass is 9.80. The van der Waals surface area contributed by atoms with E-state index in [0.29, 0.717) is 24.4 Å². The van der Waals surface area contributed by atoms with Crippen molar-refractivity contribution in [3.8, 4) is 5.75 Å². The van der Waals surface area contributed by atoms with Gasteiger partial charge in [-0.2, -0.15) is 0 Å². The van der Waals surface area contributed by atoms with Crippen LogP contribution in [-0.2, 0) is 4.74 Å². The summed E-state index contributed by atoms with van der Waals surface area (Å²) in [5, 5.41) is 18.1. The first kappa shape index (κ1) is 16.0. The van der Waals surface area contributed by atoms with Crippen LogP contribution in [0.4, 0.5) is 0 Å². The summed E-state index contributed by atoms with van der Waals surface area (Å²) in [7, 11) is -1.46. The normalized spacial score (nSPS) is 10.5. The molecule has 4 nitrogen and oxygen atoms in total. The SMILES string of the molecule is CCCCCCOCCOc1cccc(B(O)O)c1. The van der Waals surface area contributed by atoms with Crippen LogP contribution in [0.25, 0.3) is 0 Å². The first-order valence-electron chi connectivity index (χ1n) is 6.90. The zero-order valence-corrected chi connectivity index (χ0v) is 11.5. The molecule has 0 saturated carbocycles. The summed E-state index contributed by atoms with van der Waals surface area (Å²) in [6.45, 7) is 3.99. The Bertz CT molecular complexity index is 344. The van der Waals surface area contributed by atoms with Gasteiger partial charge in [-0.05, 0) is 24.0 Å². The summed E-state index contributed by atoms with van der Waals surface area (Å²) in [5.41, 5.74) is 0.429. The summed E-state index contributed by atoms with van der Waals surface area (Å²) in [4.78, 5) is 0. The molecule has 106 valence electrons. The fourth-order valence-electron chi connectivity index (χ4n) is 1.72. The lowest BCUT2D eigenvalue weighted by molar-refractivity contribution is 0.0971. The molecule has 0 aliphatic carbocycles. The fourth-order valence-corrected chi connectivity index (χ4v) is 1.72. The molecule has 0 spiro atoms. The molecule has 0 saturated heterocycles. The highest BCUT2D eigenvalue weighted by Crippen LogP contribution is 2.07. The number of rotatable bonds is 10. The van der Waals surface area contributed by atoms with Crippen LogP contribution >= 0.6 is 0 Å². The van der Waals surface area contributed by atoms with Gasteiger partial charge >= 0.3 is 7.12 Å². The third-order valence-electron chi connectivity index (χ3n) is 2.79. The van der Waals surface area contributed by atoms with Crippen molar-refractivity contribution in [3.05, 3.63) is 24.3 Å². The second-order valence-corrected chi connectivity index (χ2v) is 4.47. The second-order valence-electron chi connectivity index (χ2n) is 4.47. The smallest absolute Gasteiger partial charge is 0.488 e. The van der Waals surface area contributed by atoms with Gasteiger partial charge in [-0.25, -0.2) is 0 Å². The zero-order chi connectivity index (χ0) is 13.9. The van der Waals surface area contributed by atoms with Gasteiger partial charge in [0.1, 0.15) is 12.4 Å². The number of ether oxygens (including phenoxy) is 2. The van der Waals surface area contributed by atoms with Gasteiger partial charge in [0, 0.05) is 6.61 Å². The Kier molecular flexibility index (Phi) is 8.30. The molecule has 0 aliphatic heterocycles. The molecule has 0 aliphatic rings. The molecule has 0 bridgehead atoms. The third kappa shape index (κ3) is 7.20. The van der Waals surface area contributed by atoms with Crippen LogP contribution in [-0.4, -0.2) is 37.0 Å². The Morgan fingerprint density at radius 1 is 1.05 bits per heavy atom. The maximum absolute atomic E-state index is 9.04. The van der Waals surface area contributed by atoms with Crippen LogP contribution in [0, 0.1) is 0 Å². The molecule has 19 heavy (non-hydrogen) atoms. The maximum atomic E-state index is 9.04. The molecule has 0 aromatic heterocycles. The Hall–Kier alpha value is -1.04. The van der Waals surface area contributed by atoms with Crippen LogP contribution < -0.4 is 10.2 Å². The van der Waals surface area contributed by atoms with Crippen LogP contribution in [0.1, 0.15) is 32.6 Å². The number of hydrogen-bond donors (Lipinski definition) is 2. The van der Waals surface area contributed by atoms with Crippen LogP contribution in [0.15, 0.2) is 24.3 Å². The van der Waals surface area contributed by atoms with E-state index in [0.717, 1.165) is 13.0 Å². The molecule has 2 N–H and O–H groups in total. The largest absolute Gasteiger partial charge is 0.491 e. The molecule has 1 aromatic rings. The third-order valence-corrected chi connectivity index (χ3v) is 2.79. The van der Waals surface area contributed by atoms with Crippen LogP contribution in [0.2, 0.25) is 0 Å². The van der Waals surface area contributed by atoms with E-state index in [1.807, 2.05) is 0 Å². The van der Waals surface area contributed by atoms with Crippen molar-refractivity contribution in [2.45, 2.75) is 32.6 Å². The monoisotopic (exact) mass is 266 g/mol. The van der Waals surface area contributed by atoms with Crippen molar-refractivity contribution in [1.82, 2.24) is 0 Å². The van der Waals surface area contributed by atoms with Gasteiger partial charge in [0.15, 0.2) is 0 Å². The quantitative estimate of drug-likeness (QED) is 0.495. The predicted octanol–water partition coefficient (Wildman–Crippen LogP) is 1.34. The van der Waals surface area contributed by atoms with Crippen molar-refractivity contribution in [2.75, 3.05) is 19.8 Å². The number of unbranched alkanes of at least 4 members (excludes halogenated alkanes) is 3. The molecule has 0 atom stereocenters. The minimum Gasteiger partial charge on any atom is -0.491 e. The number of hydrogen-bond acceptors (Lipinski definition) is 4. The molecule has 1 aromatic carbocycles. The van der Waals surface area contributed by atoms with E-state index in [1.54, 1.807) is 24.3 Å². The number of benzene rings is 1. The Labute approximate surface area is 115 Å².